The van der Waals surface area contributed by atoms with Crippen LogP contribution in [-0.4, -0.2) is 25.0 Å². The number of piperidine rings is 1. The zero-order valence-electron chi connectivity index (χ0n) is 11.7. The Morgan fingerprint density at radius 3 is 2.25 bits per heavy atom. The molecule has 2 fully saturated rings. The molecule has 1 aromatic rings. The Morgan fingerprint density at radius 1 is 1.05 bits per heavy atom. The minimum absolute atomic E-state index is 0. The van der Waals surface area contributed by atoms with Gasteiger partial charge in [0, 0.05) is 11.6 Å². The van der Waals surface area contributed by atoms with Crippen molar-refractivity contribution in [3.63, 3.8) is 0 Å². The number of halogens is 1. The Morgan fingerprint density at radius 2 is 1.70 bits per heavy atom. The predicted octanol–water partition coefficient (Wildman–Crippen LogP) is 2.86. The average molecular weight is 295 g/mol. The summed E-state index contributed by atoms with van der Waals surface area (Å²) in [6.07, 6.45) is 5.93. The maximum Gasteiger partial charge on any atom is 0.251 e. The molecule has 0 spiro atoms. The monoisotopic (exact) mass is 294 g/mol. The lowest BCUT2D eigenvalue weighted by atomic mass is 9.89. The first-order valence-electron chi connectivity index (χ1n) is 7.44. The van der Waals surface area contributed by atoms with E-state index in [1.807, 2.05) is 12.1 Å². The fourth-order valence-electron chi connectivity index (χ4n) is 2.88. The van der Waals surface area contributed by atoms with Gasteiger partial charge >= 0.3 is 0 Å². The molecule has 2 aliphatic rings. The first-order chi connectivity index (χ1) is 9.33. The summed E-state index contributed by atoms with van der Waals surface area (Å²) in [5.41, 5.74) is 2.17. The van der Waals surface area contributed by atoms with Crippen LogP contribution in [0.15, 0.2) is 24.3 Å². The second-order valence-corrected chi connectivity index (χ2v) is 5.75. The highest BCUT2D eigenvalue weighted by atomic mass is 35.5. The Balaban J connectivity index is 0.00000147. The van der Waals surface area contributed by atoms with Crippen LogP contribution < -0.4 is 10.6 Å². The van der Waals surface area contributed by atoms with E-state index in [2.05, 4.69) is 22.8 Å². The van der Waals surface area contributed by atoms with E-state index in [1.165, 1.54) is 24.8 Å². The third-order valence-electron chi connectivity index (χ3n) is 4.42. The second-order valence-electron chi connectivity index (χ2n) is 5.75. The Hall–Kier alpha value is -1.06. The van der Waals surface area contributed by atoms with Crippen molar-refractivity contribution in [1.82, 2.24) is 10.6 Å². The normalized spacial score (nSPS) is 19.8. The topological polar surface area (TPSA) is 41.1 Å². The summed E-state index contributed by atoms with van der Waals surface area (Å²) in [5, 5.41) is 6.47. The van der Waals surface area contributed by atoms with Crippen LogP contribution in [0.5, 0.6) is 0 Å². The van der Waals surface area contributed by atoms with E-state index in [0.29, 0.717) is 12.0 Å². The number of carbonyl (C=O) groups is 1. The molecule has 1 aliphatic heterocycles. The lowest BCUT2D eigenvalue weighted by molar-refractivity contribution is 0.0917. The lowest BCUT2D eigenvalue weighted by Gasteiger charge is -2.26. The Kier molecular flexibility index (Phi) is 5.44. The van der Waals surface area contributed by atoms with Crippen LogP contribution >= 0.6 is 12.4 Å². The van der Waals surface area contributed by atoms with E-state index in [-0.39, 0.29) is 18.3 Å². The van der Waals surface area contributed by atoms with Gasteiger partial charge in [-0.3, -0.25) is 4.79 Å². The number of rotatable bonds is 3. The molecule has 1 heterocycles. The smallest absolute Gasteiger partial charge is 0.251 e. The average Bonchev–Trinajstić information content (AvgIpc) is 2.44. The summed E-state index contributed by atoms with van der Waals surface area (Å²) >= 11 is 0. The molecule has 1 saturated carbocycles. The molecule has 0 atom stereocenters. The van der Waals surface area contributed by atoms with Crippen molar-refractivity contribution >= 4 is 18.3 Å². The molecule has 3 rings (SSSR count). The van der Waals surface area contributed by atoms with E-state index < -0.39 is 0 Å². The molecule has 20 heavy (non-hydrogen) atoms. The van der Waals surface area contributed by atoms with Gasteiger partial charge in [0.15, 0.2) is 0 Å². The van der Waals surface area contributed by atoms with Gasteiger partial charge in [0.1, 0.15) is 0 Å². The van der Waals surface area contributed by atoms with E-state index in [1.54, 1.807) is 0 Å². The quantitative estimate of drug-likeness (QED) is 0.900. The molecule has 1 aliphatic carbocycles. The maximum atomic E-state index is 12.0. The second kappa shape index (κ2) is 7.09. The van der Waals surface area contributed by atoms with Gasteiger partial charge in [-0.1, -0.05) is 12.1 Å². The third kappa shape index (κ3) is 3.53. The zero-order chi connectivity index (χ0) is 13.1. The van der Waals surface area contributed by atoms with E-state index >= 15 is 0 Å². The van der Waals surface area contributed by atoms with Gasteiger partial charge in [0.25, 0.3) is 5.91 Å². The van der Waals surface area contributed by atoms with Gasteiger partial charge in [0.2, 0.25) is 0 Å². The molecule has 1 aromatic carbocycles. The van der Waals surface area contributed by atoms with Crippen LogP contribution in [0.25, 0.3) is 0 Å². The van der Waals surface area contributed by atoms with Crippen molar-refractivity contribution < 1.29 is 4.79 Å². The van der Waals surface area contributed by atoms with Crippen molar-refractivity contribution in [3.05, 3.63) is 35.4 Å². The van der Waals surface area contributed by atoms with Gasteiger partial charge < -0.3 is 10.6 Å². The number of amides is 1. The zero-order valence-corrected chi connectivity index (χ0v) is 12.5. The fourth-order valence-corrected chi connectivity index (χ4v) is 2.88. The van der Waals surface area contributed by atoms with Gasteiger partial charge in [-0.25, -0.2) is 0 Å². The van der Waals surface area contributed by atoms with Crippen molar-refractivity contribution in [3.8, 4) is 0 Å². The molecule has 4 heteroatoms. The highest BCUT2D eigenvalue weighted by Crippen LogP contribution is 2.25. The van der Waals surface area contributed by atoms with Crippen molar-refractivity contribution in [1.29, 1.82) is 0 Å². The molecule has 1 amide bonds. The summed E-state index contributed by atoms with van der Waals surface area (Å²) < 4.78 is 0. The van der Waals surface area contributed by atoms with E-state index in [9.17, 15) is 4.79 Å². The molecule has 0 unspecified atom stereocenters. The van der Waals surface area contributed by atoms with Crippen LogP contribution in [0.2, 0.25) is 0 Å². The minimum Gasteiger partial charge on any atom is -0.349 e. The molecule has 0 radical (unpaired) electrons. The first kappa shape index (κ1) is 15.3. The summed E-state index contributed by atoms with van der Waals surface area (Å²) in [6, 6.07) is 8.63. The van der Waals surface area contributed by atoms with Crippen LogP contribution in [0.4, 0.5) is 0 Å². The number of hydrogen-bond acceptors (Lipinski definition) is 2. The van der Waals surface area contributed by atoms with Crippen molar-refractivity contribution in [2.75, 3.05) is 13.1 Å². The maximum absolute atomic E-state index is 12.0. The van der Waals surface area contributed by atoms with Crippen LogP contribution in [0.1, 0.15) is 53.9 Å². The van der Waals surface area contributed by atoms with Gasteiger partial charge in [-0.15, -0.1) is 12.4 Å². The molecule has 0 bridgehead atoms. The Bertz CT molecular complexity index is 436. The minimum atomic E-state index is 0. The summed E-state index contributed by atoms with van der Waals surface area (Å²) in [4.78, 5) is 12.0. The van der Waals surface area contributed by atoms with Gasteiger partial charge in [-0.2, -0.15) is 0 Å². The third-order valence-corrected chi connectivity index (χ3v) is 4.42. The Labute approximate surface area is 126 Å². The highest BCUT2D eigenvalue weighted by molar-refractivity contribution is 5.94. The molecule has 110 valence electrons. The number of nitrogens with one attached hydrogen (secondary N) is 2. The molecule has 2 N–H and O–H groups in total. The lowest BCUT2D eigenvalue weighted by Crippen LogP contribution is -2.39. The van der Waals surface area contributed by atoms with Crippen LogP contribution in [-0.2, 0) is 0 Å². The summed E-state index contributed by atoms with van der Waals surface area (Å²) in [7, 11) is 0. The van der Waals surface area contributed by atoms with E-state index in [4.69, 9.17) is 0 Å². The molecular formula is C16H23ClN2O. The van der Waals surface area contributed by atoms with Crippen molar-refractivity contribution in [2.45, 2.75) is 44.1 Å². The number of carbonyl (C=O) groups excluding carboxylic acids is 1. The van der Waals surface area contributed by atoms with Crippen molar-refractivity contribution in [2.24, 2.45) is 0 Å². The largest absolute Gasteiger partial charge is 0.349 e. The standard InChI is InChI=1S/C16H22N2O.ClH/c19-16(18-15-2-1-3-15)14-6-4-12(5-7-14)13-8-10-17-11-9-13;/h4-7,13,15,17H,1-3,8-11H2,(H,18,19);1H. The number of benzene rings is 1. The predicted molar refractivity (Wildman–Crippen MR) is 83.6 cm³/mol. The molecular weight excluding hydrogens is 272 g/mol. The highest BCUT2D eigenvalue weighted by Gasteiger charge is 2.20. The van der Waals surface area contributed by atoms with Crippen LogP contribution in [0, 0.1) is 0 Å². The number of hydrogen-bond donors (Lipinski definition) is 2. The van der Waals surface area contributed by atoms with Gasteiger partial charge in [-0.05, 0) is 68.8 Å². The SMILES string of the molecule is Cl.O=C(NC1CCC1)c1ccc(C2CCNCC2)cc1. The molecule has 1 saturated heterocycles. The fraction of sp³-hybridized carbons (Fsp3) is 0.562. The summed E-state index contributed by atoms with van der Waals surface area (Å²) in [6.45, 7) is 2.21. The first-order valence-corrected chi connectivity index (χ1v) is 7.44. The van der Waals surface area contributed by atoms with Gasteiger partial charge in [0.05, 0.1) is 0 Å². The van der Waals surface area contributed by atoms with Crippen LogP contribution in [0.3, 0.4) is 0 Å². The van der Waals surface area contributed by atoms with E-state index in [0.717, 1.165) is 31.5 Å². The molecule has 3 nitrogen and oxygen atoms in total. The molecule has 0 aromatic heterocycles. The summed E-state index contributed by atoms with van der Waals surface area (Å²) in [5.74, 6) is 0.742.